The monoisotopic (exact) mass is 589 g/mol. The van der Waals surface area contributed by atoms with Gasteiger partial charge in [-0.15, -0.1) is 11.3 Å². The topological polar surface area (TPSA) is 155 Å². The molecule has 41 heavy (non-hydrogen) atoms. The zero-order chi connectivity index (χ0) is 30.1. The van der Waals surface area contributed by atoms with Crippen molar-refractivity contribution in [1.82, 2.24) is 15.6 Å². The second-order valence-electron chi connectivity index (χ2n) is 12.0. The molecule has 0 saturated heterocycles. The van der Waals surface area contributed by atoms with Crippen LogP contribution in [0.25, 0.3) is 10.4 Å². The molecule has 0 aliphatic heterocycles. The number of ether oxygens (including phenoxy) is 1. The van der Waals surface area contributed by atoms with E-state index in [0.29, 0.717) is 5.56 Å². The number of ketones is 1. The number of hydrogen-bond donors (Lipinski definition) is 4. The van der Waals surface area contributed by atoms with Crippen molar-refractivity contribution in [3.05, 3.63) is 35.0 Å². The summed E-state index contributed by atoms with van der Waals surface area (Å²) < 4.78 is 19.9. The Kier molecular flexibility index (Phi) is 8.84. The molecule has 12 heteroatoms. The average Bonchev–Trinajstić information content (AvgIpc) is 3.31. The van der Waals surface area contributed by atoms with Crippen molar-refractivity contribution in [3.8, 4) is 16.2 Å². The summed E-state index contributed by atoms with van der Waals surface area (Å²) in [5.74, 6) is -4.30. The van der Waals surface area contributed by atoms with Crippen molar-refractivity contribution in [2.24, 2.45) is 17.3 Å². The quantitative estimate of drug-likeness (QED) is 0.312. The second kappa shape index (κ2) is 11.8. The van der Waals surface area contributed by atoms with Crippen molar-refractivity contribution < 1.29 is 38.5 Å². The molecular weight excluding hydrogens is 553 g/mol. The van der Waals surface area contributed by atoms with Crippen molar-refractivity contribution in [3.63, 3.8) is 0 Å². The molecule has 222 valence electrons. The molecule has 1 aromatic heterocycles. The molecule has 0 radical (unpaired) electrons. The van der Waals surface area contributed by atoms with E-state index in [1.54, 1.807) is 38.4 Å². The minimum atomic E-state index is -1.95. The molecule has 4 atom stereocenters. The number of halogens is 1. The Bertz CT molecular complexity index is 1330. The van der Waals surface area contributed by atoms with Crippen molar-refractivity contribution in [2.45, 2.75) is 77.7 Å². The molecule has 2 aromatic rings. The number of carbonyl (C=O) groups is 4. The molecule has 2 aliphatic carbocycles. The van der Waals surface area contributed by atoms with E-state index in [2.05, 4.69) is 15.6 Å². The van der Waals surface area contributed by atoms with E-state index in [-0.39, 0.29) is 38.0 Å². The summed E-state index contributed by atoms with van der Waals surface area (Å²) in [5.41, 5.74) is 1.15. The Hall–Kier alpha value is -3.38. The van der Waals surface area contributed by atoms with Crippen molar-refractivity contribution in [1.29, 1.82) is 0 Å². The second-order valence-corrected chi connectivity index (χ2v) is 12.8. The lowest BCUT2D eigenvalue weighted by atomic mass is 9.77. The molecule has 1 heterocycles. The number of benzene rings is 1. The molecule has 4 rings (SSSR count). The zero-order valence-electron chi connectivity index (χ0n) is 23.5. The van der Waals surface area contributed by atoms with E-state index in [4.69, 9.17) is 9.84 Å². The smallest absolute Gasteiger partial charge is 0.341 e. The fourth-order valence-corrected chi connectivity index (χ4v) is 5.95. The third-order valence-electron chi connectivity index (χ3n) is 7.64. The molecule has 4 N–H and O–H groups in total. The SMILES string of the molecule is Cc1ncsc1-c1ccc(CNC(=O)[C@@H]2C[C@@H](O)CC2C(=O)[C@@H](NC(=O)C2(F)CC2)C(C)(C)C)c(OCC(=O)O)c1. The summed E-state index contributed by atoms with van der Waals surface area (Å²) in [6.07, 6.45) is -0.550. The lowest BCUT2D eigenvalue weighted by molar-refractivity contribution is -0.139. The number of carbonyl (C=O) groups excluding carboxylic acids is 3. The average molecular weight is 590 g/mol. The number of amides is 2. The normalized spacial score (nSPS) is 22.0. The number of carboxylic acids is 1. The van der Waals surface area contributed by atoms with Gasteiger partial charge in [0.25, 0.3) is 5.91 Å². The van der Waals surface area contributed by atoms with Gasteiger partial charge in [-0.25, -0.2) is 14.2 Å². The van der Waals surface area contributed by atoms with Crippen LogP contribution in [0.15, 0.2) is 23.7 Å². The Labute approximate surface area is 241 Å². The standard InChI is InChI=1S/C29H36FN3O7S/c1-15-24(41-14-32-15)16-5-6-17(21(9-16)40-13-22(35)36)12-31-26(38)20-11-18(34)10-19(20)23(37)25(28(2,3)4)33-27(39)29(30)7-8-29/h5-6,9,14,18-20,25,34H,7-8,10-13H2,1-4H3,(H,31,38)(H,33,39)(H,35,36)/t18-,19?,20+,25+/m0/s1. The maximum absolute atomic E-state index is 14.4. The molecule has 2 aliphatic rings. The number of aryl methyl sites for hydroxylation is 1. The van der Waals surface area contributed by atoms with Crippen LogP contribution in [0, 0.1) is 24.2 Å². The summed E-state index contributed by atoms with van der Waals surface area (Å²) in [7, 11) is 0. The number of alkyl halides is 1. The van der Waals surface area contributed by atoms with Gasteiger partial charge in [0.05, 0.1) is 34.1 Å². The number of rotatable bonds is 11. The predicted molar refractivity (Wildman–Crippen MR) is 149 cm³/mol. The van der Waals surface area contributed by atoms with Crippen LogP contribution in [-0.2, 0) is 25.7 Å². The van der Waals surface area contributed by atoms with Crippen LogP contribution in [-0.4, -0.2) is 63.2 Å². The van der Waals surface area contributed by atoms with Gasteiger partial charge in [-0.05, 0) is 49.7 Å². The van der Waals surface area contributed by atoms with Crippen LogP contribution >= 0.6 is 11.3 Å². The Balaban J connectivity index is 1.50. The number of aromatic nitrogens is 1. The van der Waals surface area contributed by atoms with Crippen molar-refractivity contribution >= 4 is 34.9 Å². The van der Waals surface area contributed by atoms with Gasteiger partial charge in [-0.2, -0.15) is 0 Å². The van der Waals surface area contributed by atoms with Gasteiger partial charge in [0.15, 0.2) is 18.1 Å². The van der Waals surface area contributed by atoms with Crippen LogP contribution in [0.3, 0.4) is 0 Å². The van der Waals surface area contributed by atoms with Gasteiger partial charge >= 0.3 is 5.97 Å². The van der Waals surface area contributed by atoms with Crippen LogP contribution < -0.4 is 15.4 Å². The number of hydrogen-bond acceptors (Lipinski definition) is 8. The Morgan fingerprint density at radius 1 is 1.20 bits per heavy atom. The zero-order valence-corrected chi connectivity index (χ0v) is 24.3. The first-order valence-corrected chi connectivity index (χ1v) is 14.4. The van der Waals surface area contributed by atoms with Crippen LogP contribution in [0.5, 0.6) is 5.75 Å². The van der Waals surface area contributed by atoms with E-state index in [0.717, 1.165) is 16.1 Å². The van der Waals surface area contributed by atoms with Crippen LogP contribution in [0.1, 0.15) is 57.7 Å². The molecule has 10 nitrogen and oxygen atoms in total. The highest BCUT2D eigenvalue weighted by molar-refractivity contribution is 7.13. The molecule has 0 bridgehead atoms. The van der Waals surface area contributed by atoms with E-state index in [1.807, 2.05) is 13.0 Å². The van der Waals surface area contributed by atoms with E-state index >= 15 is 0 Å². The minimum absolute atomic E-state index is 0.00689. The van der Waals surface area contributed by atoms with Gasteiger partial charge in [-0.3, -0.25) is 14.4 Å². The van der Waals surface area contributed by atoms with Crippen molar-refractivity contribution in [2.75, 3.05) is 6.61 Å². The van der Waals surface area contributed by atoms with Crippen LogP contribution in [0.2, 0.25) is 0 Å². The first kappa shape index (κ1) is 30.6. The predicted octanol–water partition coefficient (Wildman–Crippen LogP) is 3.19. The minimum Gasteiger partial charge on any atom is -0.482 e. The number of thiazole rings is 1. The number of nitrogens with one attached hydrogen (secondary N) is 2. The van der Waals surface area contributed by atoms with Gasteiger partial charge in [0.1, 0.15) is 5.75 Å². The number of aliphatic hydroxyl groups excluding tert-OH is 1. The molecule has 2 amide bonds. The molecule has 2 saturated carbocycles. The Morgan fingerprint density at radius 3 is 2.46 bits per heavy atom. The summed E-state index contributed by atoms with van der Waals surface area (Å²) in [4.78, 5) is 55.8. The Morgan fingerprint density at radius 2 is 1.88 bits per heavy atom. The number of Topliss-reactive ketones (excluding diaryl/α,β-unsaturated/α-hetero) is 1. The molecule has 1 unspecified atom stereocenters. The molecule has 1 aromatic carbocycles. The molecule has 2 fully saturated rings. The third-order valence-corrected chi connectivity index (χ3v) is 8.62. The molecular formula is C29H36FN3O7S. The summed E-state index contributed by atoms with van der Waals surface area (Å²) >= 11 is 1.44. The number of carboxylic acid groups (broad SMARTS) is 1. The molecule has 0 spiro atoms. The van der Waals surface area contributed by atoms with Gasteiger partial charge in [0, 0.05) is 18.0 Å². The maximum atomic E-state index is 14.4. The van der Waals surface area contributed by atoms with E-state index < -0.39 is 65.2 Å². The fourth-order valence-electron chi connectivity index (χ4n) is 5.15. The summed E-state index contributed by atoms with van der Waals surface area (Å²) in [5, 5.41) is 24.9. The van der Waals surface area contributed by atoms with E-state index in [9.17, 15) is 28.7 Å². The first-order chi connectivity index (χ1) is 19.2. The maximum Gasteiger partial charge on any atom is 0.341 e. The highest BCUT2D eigenvalue weighted by Gasteiger charge is 2.53. The largest absolute Gasteiger partial charge is 0.482 e. The number of nitrogens with zero attached hydrogens (tertiary/aromatic N) is 1. The van der Waals surface area contributed by atoms with Crippen LogP contribution in [0.4, 0.5) is 4.39 Å². The van der Waals surface area contributed by atoms with E-state index in [1.165, 1.54) is 11.3 Å². The highest BCUT2D eigenvalue weighted by atomic mass is 32.1. The highest BCUT2D eigenvalue weighted by Crippen LogP contribution is 2.41. The van der Waals surface area contributed by atoms with Gasteiger partial charge < -0.3 is 25.6 Å². The number of aliphatic hydroxyl groups is 1. The first-order valence-electron chi connectivity index (χ1n) is 13.6. The van der Waals surface area contributed by atoms with Gasteiger partial charge in [-0.1, -0.05) is 32.9 Å². The van der Waals surface area contributed by atoms with Gasteiger partial charge in [0.2, 0.25) is 5.91 Å². The summed E-state index contributed by atoms with van der Waals surface area (Å²) in [6, 6.07) is 4.22. The summed E-state index contributed by atoms with van der Waals surface area (Å²) in [6.45, 7) is 6.55. The third kappa shape index (κ3) is 7.10. The lowest BCUT2D eigenvalue weighted by Crippen LogP contribution is -2.54. The number of aliphatic carboxylic acids is 1. The fraction of sp³-hybridized carbons (Fsp3) is 0.552. The lowest BCUT2D eigenvalue weighted by Gasteiger charge is -2.33.